The molecule has 0 aliphatic rings. The smallest absolute Gasteiger partial charge is 0.338 e. The molecule has 0 spiro atoms. The van der Waals surface area contributed by atoms with Gasteiger partial charge in [0.05, 0.1) is 25.5 Å². The lowest BCUT2D eigenvalue weighted by atomic mass is 10.1. The second kappa shape index (κ2) is 9.26. The van der Waals surface area contributed by atoms with Gasteiger partial charge in [0.2, 0.25) is 0 Å². The van der Waals surface area contributed by atoms with Crippen LogP contribution < -0.4 is 10.1 Å². The van der Waals surface area contributed by atoms with Crippen LogP contribution >= 0.6 is 0 Å². The highest BCUT2D eigenvalue weighted by atomic mass is 16.5. The van der Waals surface area contributed by atoms with Crippen molar-refractivity contribution in [2.75, 3.05) is 19.5 Å². The molecule has 7 heteroatoms. The van der Waals surface area contributed by atoms with Crippen molar-refractivity contribution in [3.63, 3.8) is 0 Å². The van der Waals surface area contributed by atoms with E-state index in [1.807, 2.05) is 6.07 Å². The van der Waals surface area contributed by atoms with Gasteiger partial charge in [-0.15, -0.1) is 0 Å². The molecule has 1 amide bonds. The zero-order valence-corrected chi connectivity index (χ0v) is 16.3. The number of carbonyl (C=O) groups excluding carboxylic acids is 2. The van der Waals surface area contributed by atoms with Gasteiger partial charge >= 0.3 is 5.97 Å². The molecule has 0 saturated carbocycles. The van der Waals surface area contributed by atoms with Crippen LogP contribution in [0.15, 0.2) is 70.7 Å². The molecule has 0 saturated heterocycles. The minimum absolute atomic E-state index is 0.150. The molecule has 0 atom stereocenters. The quantitative estimate of drug-likeness (QED) is 0.375. The number of para-hydroxylation sites is 2. The van der Waals surface area contributed by atoms with Gasteiger partial charge in [-0.25, -0.2) is 4.79 Å². The summed E-state index contributed by atoms with van der Waals surface area (Å²) in [5, 5.41) is 12.1. The van der Waals surface area contributed by atoms with Crippen LogP contribution in [-0.4, -0.2) is 26.1 Å². The van der Waals surface area contributed by atoms with Gasteiger partial charge in [0, 0.05) is 11.6 Å². The molecule has 150 valence electrons. The third-order valence-corrected chi connectivity index (χ3v) is 4.23. The van der Waals surface area contributed by atoms with E-state index < -0.39 is 11.9 Å². The Kier molecular flexibility index (Phi) is 6.30. The Bertz CT molecular complexity index is 1150. The minimum atomic E-state index is -0.602. The molecule has 0 aliphatic carbocycles. The largest absolute Gasteiger partial charge is 0.495 e. The number of anilines is 1. The SMILES string of the molecule is COC(=O)c1ccccc1-c1ccc(/C=C(\C#N)C(=O)Nc2ccccc2OC)o1. The number of carbonyl (C=O) groups is 2. The van der Waals surface area contributed by atoms with Crippen molar-refractivity contribution in [2.24, 2.45) is 0 Å². The molecule has 3 aromatic rings. The first kappa shape index (κ1) is 20.4. The van der Waals surface area contributed by atoms with Gasteiger partial charge in [-0.3, -0.25) is 4.79 Å². The maximum Gasteiger partial charge on any atom is 0.338 e. The highest BCUT2D eigenvalue weighted by molar-refractivity contribution is 6.10. The van der Waals surface area contributed by atoms with Crippen molar-refractivity contribution < 1.29 is 23.5 Å². The predicted molar refractivity (Wildman–Crippen MR) is 111 cm³/mol. The van der Waals surface area contributed by atoms with Crippen molar-refractivity contribution in [3.8, 4) is 23.1 Å². The van der Waals surface area contributed by atoms with E-state index >= 15 is 0 Å². The molecule has 1 N–H and O–H groups in total. The summed E-state index contributed by atoms with van der Waals surface area (Å²) >= 11 is 0. The van der Waals surface area contributed by atoms with E-state index in [0.29, 0.717) is 28.3 Å². The summed E-state index contributed by atoms with van der Waals surface area (Å²) < 4.78 is 15.7. The minimum Gasteiger partial charge on any atom is -0.495 e. The van der Waals surface area contributed by atoms with Crippen LogP contribution in [0.25, 0.3) is 17.4 Å². The standard InChI is InChI=1S/C23H18N2O5/c1-28-21-10-6-5-9-19(21)25-22(26)15(14-24)13-16-11-12-20(30-16)17-7-3-4-8-18(17)23(27)29-2/h3-13H,1-2H3,(H,25,26)/b15-13+. The molecule has 1 aromatic heterocycles. The first-order valence-corrected chi connectivity index (χ1v) is 8.91. The number of nitriles is 1. The van der Waals surface area contributed by atoms with Crippen LogP contribution in [0.1, 0.15) is 16.1 Å². The number of ether oxygens (including phenoxy) is 2. The molecule has 0 unspecified atom stereocenters. The molecule has 2 aromatic carbocycles. The summed E-state index contributed by atoms with van der Waals surface area (Å²) in [5.41, 5.74) is 1.18. The first-order valence-electron chi connectivity index (χ1n) is 8.91. The number of furan rings is 1. The number of nitrogens with zero attached hydrogens (tertiary/aromatic N) is 1. The Morgan fingerprint density at radius 1 is 1.03 bits per heavy atom. The Morgan fingerprint density at radius 2 is 1.77 bits per heavy atom. The van der Waals surface area contributed by atoms with Crippen LogP contribution in [0, 0.1) is 11.3 Å². The lowest BCUT2D eigenvalue weighted by Crippen LogP contribution is -2.14. The fourth-order valence-electron chi connectivity index (χ4n) is 2.79. The number of nitrogens with one attached hydrogen (secondary N) is 1. The third kappa shape index (κ3) is 4.39. The van der Waals surface area contributed by atoms with E-state index in [4.69, 9.17) is 13.9 Å². The van der Waals surface area contributed by atoms with Gasteiger partial charge in [-0.2, -0.15) is 5.26 Å². The van der Waals surface area contributed by atoms with E-state index in [2.05, 4.69) is 5.32 Å². The average Bonchev–Trinajstić information content (AvgIpc) is 3.25. The number of esters is 1. The molecule has 1 heterocycles. The lowest BCUT2D eigenvalue weighted by Gasteiger charge is -2.09. The molecule has 0 radical (unpaired) electrons. The molecule has 3 rings (SSSR count). The molecule has 30 heavy (non-hydrogen) atoms. The molecule has 0 aliphatic heterocycles. The normalized spacial score (nSPS) is 10.8. The molecule has 0 bridgehead atoms. The second-order valence-electron chi connectivity index (χ2n) is 6.06. The topological polar surface area (TPSA) is 102 Å². The fraction of sp³-hybridized carbons (Fsp3) is 0.0870. The average molecular weight is 402 g/mol. The molecular weight excluding hydrogens is 384 g/mol. The van der Waals surface area contributed by atoms with E-state index in [1.165, 1.54) is 20.3 Å². The maximum atomic E-state index is 12.5. The molecule has 0 fully saturated rings. The Morgan fingerprint density at radius 3 is 2.50 bits per heavy atom. The Hall–Kier alpha value is -4.31. The van der Waals surface area contributed by atoms with Gasteiger partial charge in [-0.1, -0.05) is 30.3 Å². The molecular formula is C23H18N2O5. The summed E-state index contributed by atoms with van der Waals surface area (Å²) in [4.78, 5) is 24.5. The third-order valence-electron chi connectivity index (χ3n) is 4.23. The van der Waals surface area contributed by atoms with Crippen LogP contribution in [0.5, 0.6) is 5.75 Å². The number of hydrogen-bond donors (Lipinski definition) is 1. The van der Waals surface area contributed by atoms with Gasteiger partial charge < -0.3 is 19.2 Å². The second-order valence-corrected chi connectivity index (χ2v) is 6.06. The summed E-state index contributed by atoms with van der Waals surface area (Å²) in [6, 6.07) is 18.8. The van der Waals surface area contributed by atoms with E-state index in [1.54, 1.807) is 60.7 Å². The van der Waals surface area contributed by atoms with Gasteiger partial charge in [0.1, 0.15) is 28.9 Å². The van der Waals surface area contributed by atoms with E-state index in [9.17, 15) is 14.9 Å². The predicted octanol–water partition coefficient (Wildman–Crippen LogP) is 4.29. The van der Waals surface area contributed by atoms with Crippen LogP contribution in [-0.2, 0) is 9.53 Å². The summed E-state index contributed by atoms with van der Waals surface area (Å²) in [6.45, 7) is 0. The van der Waals surface area contributed by atoms with Crippen LogP contribution in [0.3, 0.4) is 0 Å². The van der Waals surface area contributed by atoms with Crippen molar-refractivity contribution in [2.45, 2.75) is 0 Å². The number of methoxy groups -OCH3 is 2. The monoisotopic (exact) mass is 402 g/mol. The van der Waals surface area contributed by atoms with Crippen LogP contribution in [0.2, 0.25) is 0 Å². The van der Waals surface area contributed by atoms with E-state index in [-0.39, 0.29) is 11.3 Å². The number of amides is 1. The first-order chi connectivity index (χ1) is 14.6. The van der Waals surface area contributed by atoms with Gasteiger partial charge in [-0.05, 0) is 30.3 Å². The maximum absolute atomic E-state index is 12.5. The van der Waals surface area contributed by atoms with Gasteiger partial charge in [0.15, 0.2) is 0 Å². The van der Waals surface area contributed by atoms with Crippen molar-refractivity contribution in [1.29, 1.82) is 5.26 Å². The highest BCUT2D eigenvalue weighted by Gasteiger charge is 2.16. The summed E-state index contributed by atoms with van der Waals surface area (Å²) in [7, 11) is 2.79. The number of rotatable bonds is 6. The highest BCUT2D eigenvalue weighted by Crippen LogP contribution is 2.28. The Labute approximate surface area is 173 Å². The fourth-order valence-corrected chi connectivity index (χ4v) is 2.79. The number of hydrogen-bond acceptors (Lipinski definition) is 6. The van der Waals surface area contributed by atoms with E-state index in [0.717, 1.165) is 0 Å². The summed E-state index contributed by atoms with van der Waals surface area (Å²) in [5.74, 6) is 0.0758. The molecule has 7 nitrogen and oxygen atoms in total. The van der Waals surface area contributed by atoms with Crippen molar-refractivity contribution in [1.82, 2.24) is 0 Å². The zero-order chi connectivity index (χ0) is 21.5. The zero-order valence-electron chi connectivity index (χ0n) is 16.3. The van der Waals surface area contributed by atoms with Crippen molar-refractivity contribution >= 4 is 23.6 Å². The van der Waals surface area contributed by atoms with Crippen molar-refractivity contribution in [3.05, 3.63) is 77.6 Å². The van der Waals surface area contributed by atoms with Gasteiger partial charge in [0.25, 0.3) is 5.91 Å². The number of benzene rings is 2. The lowest BCUT2D eigenvalue weighted by molar-refractivity contribution is -0.112. The van der Waals surface area contributed by atoms with Crippen LogP contribution in [0.4, 0.5) is 5.69 Å². The summed E-state index contributed by atoms with van der Waals surface area (Å²) in [6.07, 6.45) is 1.33. The Balaban J connectivity index is 1.87.